The maximum absolute atomic E-state index is 13.8. The molecule has 1 amide bonds. The molecule has 1 aliphatic carbocycles. The van der Waals surface area contributed by atoms with Gasteiger partial charge in [0.2, 0.25) is 0 Å². The number of benzene rings is 2. The molecule has 3 N–H and O–H groups in total. The highest BCUT2D eigenvalue weighted by Gasteiger charge is 2.45. The minimum atomic E-state index is -2.51. The molecule has 1 aliphatic rings. The van der Waals surface area contributed by atoms with E-state index in [1.54, 1.807) is 48.8 Å². The third-order valence-corrected chi connectivity index (χ3v) is 6.88. The summed E-state index contributed by atoms with van der Waals surface area (Å²) in [6.07, 6.45) is 11.0. The Balaban J connectivity index is 0.00000134. The van der Waals surface area contributed by atoms with E-state index in [0.29, 0.717) is 17.9 Å². The Morgan fingerprint density at radius 1 is 1.00 bits per heavy atom. The van der Waals surface area contributed by atoms with Crippen molar-refractivity contribution in [2.45, 2.75) is 70.2 Å². The van der Waals surface area contributed by atoms with Crippen LogP contribution < -0.4 is 4.74 Å². The standard InChI is InChI=1S/C30H36N2O4.CH2O2/c1-2-3-4-9-21-36-28-15-8-7-14-27(28)30(34,35)32(26-12-5-6-13-26)29(33)24-18-16-23(17-19-24)25-11-10-20-31-22-25;2-1-3/h7-8,10-11,14-20,22,26,34-35H,2-6,9,12-13,21H2,1H3;1H,(H,2,3). The molecule has 1 saturated carbocycles. The molecule has 0 spiro atoms. The Kier molecular flexibility index (Phi) is 11.5. The van der Waals surface area contributed by atoms with Crippen molar-refractivity contribution in [3.8, 4) is 16.9 Å². The first-order valence-electron chi connectivity index (χ1n) is 13.5. The van der Waals surface area contributed by atoms with Crippen molar-refractivity contribution in [3.63, 3.8) is 0 Å². The molecule has 1 heterocycles. The largest absolute Gasteiger partial charge is 0.493 e. The molecule has 208 valence electrons. The summed E-state index contributed by atoms with van der Waals surface area (Å²) in [4.78, 5) is 27.6. The number of hydrogen-bond donors (Lipinski definition) is 3. The molecule has 2 aromatic carbocycles. The minimum absolute atomic E-state index is 0.188. The molecule has 3 aromatic rings. The molecule has 1 fully saturated rings. The summed E-state index contributed by atoms with van der Waals surface area (Å²) in [6, 6.07) is 17.6. The van der Waals surface area contributed by atoms with Gasteiger partial charge < -0.3 is 20.1 Å². The van der Waals surface area contributed by atoms with E-state index in [0.717, 1.165) is 62.5 Å². The first kappa shape index (κ1) is 29.8. The molecular formula is C31H38N2O6. The Labute approximate surface area is 229 Å². The lowest BCUT2D eigenvalue weighted by Gasteiger charge is -2.40. The fourth-order valence-electron chi connectivity index (χ4n) is 4.91. The number of pyridine rings is 1. The van der Waals surface area contributed by atoms with Crippen molar-refractivity contribution in [1.29, 1.82) is 0 Å². The fourth-order valence-corrected chi connectivity index (χ4v) is 4.91. The topological polar surface area (TPSA) is 120 Å². The summed E-state index contributed by atoms with van der Waals surface area (Å²) in [5.74, 6) is -2.53. The molecule has 4 rings (SSSR count). The summed E-state index contributed by atoms with van der Waals surface area (Å²) >= 11 is 0. The lowest BCUT2D eigenvalue weighted by atomic mass is 10.0. The van der Waals surface area contributed by atoms with Crippen LogP contribution >= 0.6 is 0 Å². The van der Waals surface area contributed by atoms with Crippen molar-refractivity contribution in [2.75, 3.05) is 6.61 Å². The summed E-state index contributed by atoms with van der Waals surface area (Å²) in [6.45, 7) is 2.39. The quantitative estimate of drug-likeness (QED) is 0.167. The number of aliphatic hydroxyl groups is 2. The van der Waals surface area contributed by atoms with Gasteiger partial charge in [0.05, 0.1) is 12.2 Å². The van der Waals surface area contributed by atoms with E-state index in [-0.39, 0.29) is 18.1 Å². The smallest absolute Gasteiger partial charge is 0.290 e. The summed E-state index contributed by atoms with van der Waals surface area (Å²) in [5.41, 5.74) is 2.48. The summed E-state index contributed by atoms with van der Waals surface area (Å²) in [5, 5.41) is 30.0. The maximum atomic E-state index is 13.8. The molecule has 8 nitrogen and oxygen atoms in total. The Hall–Kier alpha value is -3.75. The fraction of sp³-hybridized carbons (Fsp3) is 0.387. The van der Waals surface area contributed by atoms with Crippen molar-refractivity contribution in [1.82, 2.24) is 9.88 Å². The van der Waals surface area contributed by atoms with Crippen LogP contribution in [0.15, 0.2) is 73.1 Å². The normalized spacial score (nSPS) is 13.3. The van der Waals surface area contributed by atoms with Gasteiger partial charge in [-0.05, 0) is 60.7 Å². The number of rotatable bonds is 11. The second-order valence-electron chi connectivity index (χ2n) is 9.58. The van der Waals surface area contributed by atoms with Gasteiger partial charge in [0.25, 0.3) is 18.3 Å². The minimum Gasteiger partial charge on any atom is -0.493 e. The number of nitrogens with zero attached hydrogens (tertiary/aromatic N) is 2. The SMILES string of the molecule is CCCCCCOc1ccccc1C(O)(O)N(C(=O)c1ccc(-c2cccnc2)cc1)C1CCCC1.O=CO. The molecule has 0 radical (unpaired) electrons. The van der Waals surface area contributed by atoms with Crippen LogP contribution in [-0.4, -0.2) is 50.2 Å². The zero-order chi connectivity index (χ0) is 28.1. The van der Waals surface area contributed by atoms with E-state index < -0.39 is 11.8 Å². The van der Waals surface area contributed by atoms with Crippen LogP contribution in [-0.2, 0) is 10.7 Å². The summed E-state index contributed by atoms with van der Waals surface area (Å²) < 4.78 is 5.97. The number of carbonyl (C=O) groups excluding carboxylic acids is 1. The van der Waals surface area contributed by atoms with Crippen LogP contribution in [0.1, 0.15) is 74.2 Å². The Morgan fingerprint density at radius 2 is 1.69 bits per heavy atom. The lowest BCUT2D eigenvalue weighted by molar-refractivity contribution is -0.266. The van der Waals surface area contributed by atoms with E-state index in [4.69, 9.17) is 14.6 Å². The van der Waals surface area contributed by atoms with Gasteiger partial charge in [0.15, 0.2) is 0 Å². The second kappa shape index (κ2) is 15.0. The number of aromatic nitrogens is 1. The van der Waals surface area contributed by atoms with Crippen LogP contribution in [0.2, 0.25) is 0 Å². The second-order valence-corrected chi connectivity index (χ2v) is 9.58. The van der Waals surface area contributed by atoms with Crippen molar-refractivity contribution >= 4 is 12.4 Å². The van der Waals surface area contributed by atoms with Gasteiger partial charge in [0, 0.05) is 24.0 Å². The Bertz CT molecular complexity index is 1160. The van der Waals surface area contributed by atoms with Gasteiger partial charge in [-0.3, -0.25) is 19.5 Å². The van der Waals surface area contributed by atoms with Crippen molar-refractivity contribution in [3.05, 3.63) is 84.2 Å². The maximum Gasteiger partial charge on any atom is 0.290 e. The van der Waals surface area contributed by atoms with E-state index in [1.807, 2.05) is 24.3 Å². The lowest BCUT2D eigenvalue weighted by Crippen LogP contribution is -2.54. The highest BCUT2D eigenvalue weighted by molar-refractivity contribution is 5.95. The van der Waals surface area contributed by atoms with Crippen LogP contribution in [0.25, 0.3) is 11.1 Å². The number of ether oxygens (including phenoxy) is 1. The van der Waals surface area contributed by atoms with Crippen LogP contribution in [0.3, 0.4) is 0 Å². The first-order valence-corrected chi connectivity index (χ1v) is 13.5. The number of amides is 1. The zero-order valence-electron chi connectivity index (χ0n) is 22.4. The number of carbonyl (C=O) groups is 2. The monoisotopic (exact) mass is 534 g/mol. The van der Waals surface area contributed by atoms with Crippen LogP contribution in [0.5, 0.6) is 5.75 Å². The molecule has 0 saturated heterocycles. The van der Waals surface area contributed by atoms with E-state index in [9.17, 15) is 15.0 Å². The number of para-hydroxylation sites is 1. The van der Waals surface area contributed by atoms with Crippen LogP contribution in [0, 0.1) is 0 Å². The van der Waals surface area contributed by atoms with Gasteiger partial charge in [0.1, 0.15) is 5.75 Å². The van der Waals surface area contributed by atoms with Crippen molar-refractivity contribution < 1.29 is 29.6 Å². The number of hydrogen-bond acceptors (Lipinski definition) is 6. The molecule has 8 heteroatoms. The third-order valence-electron chi connectivity index (χ3n) is 6.88. The first-order chi connectivity index (χ1) is 18.9. The van der Waals surface area contributed by atoms with Gasteiger partial charge in [-0.15, -0.1) is 0 Å². The van der Waals surface area contributed by atoms with Crippen molar-refractivity contribution in [2.24, 2.45) is 0 Å². The number of carboxylic acid groups (broad SMARTS) is 1. The van der Waals surface area contributed by atoms with Gasteiger partial charge in [-0.1, -0.05) is 69.4 Å². The average molecular weight is 535 g/mol. The summed E-state index contributed by atoms with van der Waals surface area (Å²) in [7, 11) is 0. The zero-order valence-corrected chi connectivity index (χ0v) is 22.4. The third kappa shape index (κ3) is 7.88. The number of unbranched alkanes of at least 4 members (excludes halogenated alkanes) is 3. The highest BCUT2D eigenvalue weighted by atomic mass is 16.5. The molecule has 0 aliphatic heterocycles. The van der Waals surface area contributed by atoms with Gasteiger partial charge in [-0.25, -0.2) is 0 Å². The average Bonchev–Trinajstić information content (AvgIpc) is 3.48. The molecular weight excluding hydrogens is 496 g/mol. The molecule has 1 aromatic heterocycles. The molecule has 0 atom stereocenters. The van der Waals surface area contributed by atoms with Gasteiger partial charge >= 0.3 is 0 Å². The Morgan fingerprint density at radius 3 is 2.33 bits per heavy atom. The predicted octanol–water partition coefficient (Wildman–Crippen LogP) is 5.59. The molecule has 0 unspecified atom stereocenters. The van der Waals surface area contributed by atoms with E-state index in [2.05, 4.69) is 11.9 Å². The molecule has 39 heavy (non-hydrogen) atoms. The van der Waals surface area contributed by atoms with Gasteiger partial charge in [-0.2, -0.15) is 0 Å². The van der Waals surface area contributed by atoms with E-state index >= 15 is 0 Å². The molecule has 0 bridgehead atoms. The highest BCUT2D eigenvalue weighted by Crippen LogP contribution is 2.37. The predicted molar refractivity (Wildman–Crippen MR) is 149 cm³/mol. The van der Waals surface area contributed by atoms with Crippen LogP contribution in [0.4, 0.5) is 0 Å². The van der Waals surface area contributed by atoms with E-state index in [1.165, 1.54) is 4.90 Å².